The second kappa shape index (κ2) is 5.69. The highest BCUT2D eigenvalue weighted by Gasteiger charge is 2.45. The molecule has 0 spiro atoms. The highest BCUT2D eigenvalue weighted by Crippen LogP contribution is 2.49. The van der Waals surface area contributed by atoms with Crippen molar-refractivity contribution < 1.29 is 14.3 Å². The van der Waals surface area contributed by atoms with Gasteiger partial charge < -0.3 is 9.47 Å². The molecule has 1 aliphatic carbocycles. The van der Waals surface area contributed by atoms with Gasteiger partial charge in [0.05, 0.1) is 24.1 Å². The van der Waals surface area contributed by atoms with Crippen LogP contribution in [0, 0.1) is 5.41 Å². The van der Waals surface area contributed by atoms with Crippen molar-refractivity contribution in [2.75, 3.05) is 13.2 Å². The van der Waals surface area contributed by atoms with Gasteiger partial charge in [-0.3, -0.25) is 9.78 Å². The van der Waals surface area contributed by atoms with Crippen molar-refractivity contribution in [3.05, 3.63) is 22.9 Å². The number of halogens is 1. The minimum Gasteiger partial charge on any atom is -0.492 e. The molecule has 98 valence electrons. The van der Waals surface area contributed by atoms with Crippen molar-refractivity contribution in [3.63, 3.8) is 0 Å². The van der Waals surface area contributed by atoms with Crippen LogP contribution in [0.5, 0.6) is 5.75 Å². The molecule has 0 bridgehead atoms. The van der Waals surface area contributed by atoms with E-state index in [0.717, 1.165) is 23.1 Å². The van der Waals surface area contributed by atoms with Gasteiger partial charge >= 0.3 is 5.97 Å². The zero-order valence-electron chi connectivity index (χ0n) is 10.3. The summed E-state index contributed by atoms with van der Waals surface area (Å²) < 4.78 is 11.6. The van der Waals surface area contributed by atoms with Crippen LogP contribution in [-0.4, -0.2) is 24.2 Å². The first-order chi connectivity index (χ1) is 8.65. The molecule has 5 heteroatoms. The van der Waals surface area contributed by atoms with Crippen LogP contribution in [0.3, 0.4) is 0 Å². The van der Waals surface area contributed by atoms with Crippen LogP contribution in [0.1, 0.15) is 26.2 Å². The Labute approximate surface area is 115 Å². The Kier molecular flexibility index (Phi) is 4.22. The van der Waals surface area contributed by atoms with Gasteiger partial charge in [-0.1, -0.05) is 0 Å². The van der Waals surface area contributed by atoms with E-state index >= 15 is 0 Å². The first-order valence-corrected chi connectivity index (χ1v) is 6.82. The predicted molar refractivity (Wildman–Crippen MR) is 70.3 cm³/mol. The van der Waals surface area contributed by atoms with E-state index in [-0.39, 0.29) is 11.4 Å². The van der Waals surface area contributed by atoms with Gasteiger partial charge in [-0.05, 0) is 41.8 Å². The Morgan fingerprint density at radius 2 is 2.33 bits per heavy atom. The molecule has 0 aliphatic heterocycles. The zero-order chi connectivity index (χ0) is 13.0. The van der Waals surface area contributed by atoms with Crippen molar-refractivity contribution in [1.29, 1.82) is 0 Å². The van der Waals surface area contributed by atoms with Crippen LogP contribution in [-0.2, 0) is 9.53 Å². The van der Waals surface area contributed by atoms with E-state index in [4.69, 9.17) is 9.47 Å². The number of ether oxygens (including phenoxy) is 2. The topological polar surface area (TPSA) is 48.4 Å². The predicted octanol–water partition coefficient (Wildman–Crippen LogP) is 2.96. The minimum absolute atomic E-state index is 0.0189. The molecule has 0 radical (unpaired) electrons. The lowest BCUT2D eigenvalue weighted by molar-refractivity contribution is -0.144. The van der Waals surface area contributed by atoms with E-state index < -0.39 is 0 Å². The van der Waals surface area contributed by atoms with Gasteiger partial charge in [0.25, 0.3) is 0 Å². The lowest BCUT2D eigenvalue weighted by atomic mass is 10.0. The number of carbonyl (C=O) groups is 1. The summed E-state index contributed by atoms with van der Waals surface area (Å²) in [5.74, 6) is 0.632. The standard InChI is InChI=1S/C13H16BrNO3/c1-2-17-12(16)7-13(4-5-13)9-18-11-3-6-15-8-10(11)14/h3,6,8H,2,4-5,7,9H2,1H3. The second-order valence-corrected chi connectivity index (χ2v) is 5.43. The van der Waals surface area contributed by atoms with E-state index in [1.54, 1.807) is 12.4 Å². The van der Waals surface area contributed by atoms with Crippen molar-refractivity contribution >= 4 is 21.9 Å². The van der Waals surface area contributed by atoms with Crippen LogP contribution >= 0.6 is 15.9 Å². The average molecular weight is 314 g/mol. The maximum Gasteiger partial charge on any atom is 0.306 e. The maximum atomic E-state index is 11.5. The van der Waals surface area contributed by atoms with Crippen LogP contribution in [0.15, 0.2) is 22.9 Å². The van der Waals surface area contributed by atoms with Crippen LogP contribution in [0.2, 0.25) is 0 Å². The van der Waals surface area contributed by atoms with E-state index in [1.807, 2.05) is 13.0 Å². The van der Waals surface area contributed by atoms with Crippen molar-refractivity contribution in [1.82, 2.24) is 4.98 Å². The zero-order valence-corrected chi connectivity index (χ0v) is 11.9. The molecule has 1 heterocycles. The molecule has 0 saturated heterocycles. The lowest BCUT2D eigenvalue weighted by Crippen LogP contribution is -2.19. The number of nitrogens with zero attached hydrogens (tertiary/aromatic N) is 1. The van der Waals surface area contributed by atoms with Crippen molar-refractivity contribution in [2.24, 2.45) is 5.41 Å². The Balaban J connectivity index is 1.86. The Hall–Kier alpha value is -1.10. The summed E-state index contributed by atoms with van der Waals surface area (Å²) in [4.78, 5) is 15.5. The molecule has 1 aliphatic rings. The molecule has 1 saturated carbocycles. The van der Waals surface area contributed by atoms with Gasteiger partial charge in [0.2, 0.25) is 0 Å². The minimum atomic E-state index is -0.132. The summed E-state index contributed by atoms with van der Waals surface area (Å²) in [7, 11) is 0. The quantitative estimate of drug-likeness (QED) is 0.758. The molecule has 0 amide bonds. The van der Waals surface area contributed by atoms with Crippen LogP contribution in [0.4, 0.5) is 0 Å². The molecule has 1 aromatic heterocycles. The molecule has 0 unspecified atom stereocenters. The number of pyridine rings is 1. The lowest BCUT2D eigenvalue weighted by Gasteiger charge is -2.15. The Bertz CT molecular complexity index is 432. The largest absolute Gasteiger partial charge is 0.492 e. The molecule has 4 nitrogen and oxygen atoms in total. The summed E-state index contributed by atoms with van der Waals surface area (Å²) in [6.45, 7) is 2.81. The fourth-order valence-electron chi connectivity index (χ4n) is 1.78. The second-order valence-electron chi connectivity index (χ2n) is 4.58. The summed E-state index contributed by atoms with van der Waals surface area (Å²) in [5, 5.41) is 0. The SMILES string of the molecule is CCOC(=O)CC1(COc2ccncc2Br)CC1. The molecule has 0 atom stereocenters. The Morgan fingerprint density at radius 3 is 2.94 bits per heavy atom. The molecule has 1 aromatic rings. The highest BCUT2D eigenvalue weighted by molar-refractivity contribution is 9.10. The smallest absolute Gasteiger partial charge is 0.306 e. The van der Waals surface area contributed by atoms with E-state index in [9.17, 15) is 4.79 Å². The first-order valence-electron chi connectivity index (χ1n) is 6.03. The molecular formula is C13H16BrNO3. The molecule has 2 rings (SSSR count). The normalized spacial score (nSPS) is 16.1. The van der Waals surface area contributed by atoms with E-state index in [2.05, 4.69) is 20.9 Å². The van der Waals surface area contributed by atoms with Gasteiger partial charge in [0, 0.05) is 17.8 Å². The third-order valence-corrected chi connectivity index (χ3v) is 3.65. The maximum absolute atomic E-state index is 11.5. The molecule has 1 fully saturated rings. The summed E-state index contributed by atoms with van der Waals surface area (Å²) in [6, 6.07) is 1.81. The van der Waals surface area contributed by atoms with Gasteiger partial charge in [-0.15, -0.1) is 0 Å². The van der Waals surface area contributed by atoms with Gasteiger partial charge in [0.1, 0.15) is 5.75 Å². The van der Waals surface area contributed by atoms with E-state index in [0.29, 0.717) is 19.6 Å². The van der Waals surface area contributed by atoms with Crippen LogP contribution in [0.25, 0.3) is 0 Å². The fraction of sp³-hybridized carbons (Fsp3) is 0.538. The fourth-order valence-corrected chi connectivity index (χ4v) is 2.14. The highest BCUT2D eigenvalue weighted by atomic mass is 79.9. The average Bonchev–Trinajstić information content (AvgIpc) is 3.08. The summed E-state index contributed by atoms with van der Waals surface area (Å²) in [5.41, 5.74) is -0.0189. The summed E-state index contributed by atoms with van der Waals surface area (Å²) in [6.07, 6.45) is 5.87. The number of esters is 1. The van der Waals surface area contributed by atoms with Gasteiger partial charge in [-0.25, -0.2) is 0 Å². The van der Waals surface area contributed by atoms with Gasteiger partial charge in [0.15, 0.2) is 0 Å². The van der Waals surface area contributed by atoms with E-state index in [1.165, 1.54) is 0 Å². The van der Waals surface area contributed by atoms with Crippen molar-refractivity contribution in [2.45, 2.75) is 26.2 Å². The number of rotatable bonds is 6. The summed E-state index contributed by atoms with van der Waals surface area (Å²) >= 11 is 3.38. The third-order valence-electron chi connectivity index (χ3n) is 3.05. The molecule has 18 heavy (non-hydrogen) atoms. The Morgan fingerprint density at radius 1 is 1.56 bits per heavy atom. The van der Waals surface area contributed by atoms with Crippen LogP contribution < -0.4 is 4.74 Å². The van der Waals surface area contributed by atoms with Crippen molar-refractivity contribution in [3.8, 4) is 5.75 Å². The third kappa shape index (κ3) is 3.45. The first kappa shape index (κ1) is 13.3. The number of hydrogen-bond donors (Lipinski definition) is 0. The van der Waals surface area contributed by atoms with Gasteiger partial charge in [-0.2, -0.15) is 0 Å². The number of carbonyl (C=O) groups excluding carboxylic acids is 1. The molecule has 0 N–H and O–H groups in total. The number of hydrogen-bond acceptors (Lipinski definition) is 4. The number of aromatic nitrogens is 1. The molecule has 0 aromatic carbocycles. The monoisotopic (exact) mass is 313 g/mol. The molecular weight excluding hydrogens is 298 g/mol.